The monoisotopic (exact) mass is 471 g/mol. The van der Waals surface area contributed by atoms with Gasteiger partial charge in [0.05, 0.1) is 23.4 Å². The van der Waals surface area contributed by atoms with E-state index in [1.54, 1.807) is 4.68 Å². The number of aromatic nitrogens is 3. The van der Waals surface area contributed by atoms with E-state index < -0.39 is 0 Å². The van der Waals surface area contributed by atoms with E-state index in [0.29, 0.717) is 36.5 Å². The number of hydrogen-bond donors (Lipinski definition) is 2. The summed E-state index contributed by atoms with van der Waals surface area (Å²) < 4.78 is 7.68. The average Bonchev–Trinajstić information content (AvgIpc) is 3.22. The van der Waals surface area contributed by atoms with Crippen LogP contribution in [0.1, 0.15) is 24.6 Å². The molecule has 9 nitrogen and oxygen atoms in total. The number of rotatable bonds is 6. The molecule has 9 heteroatoms. The number of carbonyl (C=O) groups is 1. The third-order valence-corrected chi connectivity index (χ3v) is 7.15. The Hall–Kier alpha value is -3.72. The van der Waals surface area contributed by atoms with E-state index in [1.165, 1.54) is 0 Å². The number of benzene rings is 1. The number of hydrogen-bond acceptors (Lipinski definition) is 7. The van der Waals surface area contributed by atoms with E-state index in [2.05, 4.69) is 22.6 Å². The number of amides is 1. The maximum atomic E-state index is 13.3. The summed E-state index contributed by atoms with van der Waals surface area (Å²) in [6.45, 7) is 4.56. The van der Waals surface area contributed by atoms with Crippen LogP contribution in [0.4, 0.5) is 11.5 Å². The van der Waals surface area contributed by atoms with E-state index >= 15 is 0 Å². The lowest BCUT2D eigenvalue weighted by Gasteiger charge is -2.22. The highest BCUT2D eigenvalue weighted by molar-refractivity contribution is 6.18. The largest absolute Gasteiger partial charge is 0.490 e. The van der Waals surface area contributed by atoms with Gasteiger partial charge in [0, 0.05) is 43.5 Å². The summed E-state index contributed by atoms with van der Waals surface area (Å²) in [5.74, 6) is 1.44. The predicted octanol–water partition coefficient (Wildman–Crippen LogP) is 2.99. The molecule has 2 N–H and O–H groups in total. The molecule has 0 unspecified atom stereocenters. The number of ether oxygens (including phenoxy) is 1. The highest BCUT2D eigenvalue weighted by Gasteiger charge is 2.64. The normalized spacial score (nSPS) is 22.6. The molecule has 3 aliphatic rings. The molecule has 1 amide bonds. The minimum atomic E-state index is -0.311. The third-order valence-electron chi connectivity index (χ3n) is 7.15. The number of pyridine rings is 1. The first kappa shape index (κ1) is 21.8. The molecule has 35 heavy (non-hydrogen) atoms. The molecule has 0 radical (unpaired) electrons. The zero-order valence-electron chi connectivity index (χ0n) is 20.2. The Balaban J connectivity index is 1.40. The van der Waals surface area contributed by atoms with Crippen molar-refractivity contribution < 1.29 is 9.53 Å². The van der Waals surface area contributed by atoms with Crippen molar-refractivity contribution in [1.82, 2.24) is 19.7 Å². The third kappa shape index (κ3) is 3.67. The Kier molecular flexibility index (Phi) is 5.10. The zero-order valence-corrected chi connectivity index (χ0v) is 20.2. The summed E-state index contributed by atoms with van der Waals surface area (Å²) in [4.78, 5) is 25.3. The fourth-order valence-electron chi connectivity index (χ4n) is 5.45. The maximum Gasteiger partial charge on any atom is 0.233 e. The van der Waals surface area contributed by atoms with Gasteiger partial charge in [0.1, 0.15) is 18.1 Å². The van der Waals surface area contributed by atoms with Gasteiger partial charge in [-0.2, -0.15) is 5.10 Å². The molecule has 1 saturated heterocycles. The van der Waals surface area contributed by atoms with Crippen LogP contribution >= 0.6 is 0 Å². The van der Waals surface area contributed by atoms with Gasteiger partial charge in [-0.25, -0.2) is 4.98 Å². The molecule has 1 saturated carbocycles. The minimum Gasteiger partial charge on any atom is -0.490 e. The van der Waals surface area contributed by atoms with Gasteiger partial charge in [0.25, 0.3) is 0 Å². The number of nitrogens with zero attached hydrogens (tertiary/aromatic N) is 5. The van der Waals surface area contributed by atoms with Gasteiger partial charge in [-0.3, -0.25) is 14.5 Å². The van der Waals surface area contributed by atoms with Crippen LogP contribution in [0.25, 0.3) is 11.3 Å². The van der Waals surface area contributed by atoms with E-state index in [1.807, 2.05) is 56.6 Å². The number of likely N-dealkylation sites (tertiary alicyclic amines) is 1. The summed E-state index contributed by atoms with van der Waals surface area (Å²) in [6.07, 6.45) is 2.90. The Morgan fingerprint density at radius 1 is 1.26 bits per heavy atom. The molecule has 2 aliphatic heterocycles. The molecule has 6 rings (SSSR count). The van der Waals surface area contributed by atoms with Crippen LogP contribution in [0.3, 0.4) is 0 Å². The molecule has 0 spiro atoms. The lowest BCUT2D eigenvalue weighted by atomic mass is 10.0. The SMILES string of the molecule is CCOc1cc2c(nc1NC(=O)[C@@]13C[C@@H]1CN(C)C3)C(c1cn(C)nc1-c1ccccc1)=NCN2. The zero-order chi connectivity index (χ0) is 24.2. The fraction of sp³-hybridized carbons (Fsp3) is 0.385. The Labute approximate surface area is 204 Å². The summed E-state index contributed by atoms with van der Waals surface area (Å²) >= 11 is 0. The smallest absolute Gasteiger partial charge is 0.233 e. The highest BCUT2D eigenvalue weighted by Crippen LogP contribution is 2.58. The molecule has 180 valence electrons. The van der Waals surface area contributed by atoms with Gasteiger partial charge >= 0.3 is 0 Å². The second kappa shape index (κ2) is 8.20. The van der Waals surface area contributed by atoms with Gasteiger partial charge in [-0.05, 0) is 26.3 Å². The molecule has 2 fully saturated rings. The van der Waals surface area contributed by atoms with Crippen LogP contribution in [0.5, 0.6) is 5.75 Å². The Bertz CT molecular complexity index is 1330. The first-order valence-electron chi connectivity index (χ1n) is 12.0. The summed E-state index contributed by atoms with van der Waals surface area (Å²) in [7, 11) is 3.97. The lowest BCUT2D eigenvalue weighted by molar-refractivity contribution is -0.121. The van der Waals surface area contributed by atoms with Crippen molar-refractivity contribution >= 4 is 23.1 Å². The average molecular weight is 472 g/mol. The fourth-order valence-corrected chi connectivity index (χ4v) is 5.45. The first-order chi connectivity index (χ1) is 17.0. The molecule has 3 aromatic rings. The summed E-state index contributed by atoms with van der Waals surface area (Å²) in [5.41, 5.74) is 4.68. The Morgan fingerprint density at radius 3 is 2.83 bits per heavy atom. The van der Waals surface area contributed by atoms with Crippen LogP contribution in [0, 0.1) is 11.3 Å². The molecule has 4 heterocycles. The van der Waals surface area contributed by atoms with E-state index in [4.69, 9.17) is 19.8 Å². The highest BCUT2D eigenvalue weighted by atomic mass is 16.5. The molecule has 2 atom stereocenters. The van der Waals surface area contributed by atoms with Crippen molar-refractivity contribution in [3.63, 3.8) is 0 Å². The maximum absolute atomic E-state index is 13.3. The molecule has 0 bridgehead atoms. The number of nitrogens with one attached hydrogen (secondary N) is 2. The molecular weight excluding hydrogens is 442 g/mol. The van der Waals surface area contributed by atoms with Gasteiger partial charge in [0.2, 0.25) is 5.91 Å². The van der Waals surface area contributed by atoms with Crippen LogP contribution in [0.15, 0.2) is 47.6 Å². The van der Waals surface area contributed by atoms with Crippen LogP contribution < -0.4 is 15.4 Å². The van der Waals surface area contributed by atoms with Crippen molar-refractivity contribution in [2.45, 2.75) is 13.3 Å². The second-order valence-electron chi connectivity index (χ2n) is 9.65. The van der Waals surface area contributed by atoms with E-state index in [-0.39, 0.29) is 11.3 Å². The van der Waals surface area contributed by atoms with Crippen molar-refractivity contribution in [1.29, 1.82) is 0 Å². The van der Waals surface area contributed by atoms with Crippen molar-refractivity contribution in [2.24, 2.45) is 23.4 Å². The van der Waals surface area contributed by atoms with Gasteiger partial charge in [-0.1, -0.05) is 30.3 Å². The minimum absolute atomic E-state index is 0.0221. The molecule has 2 aromatic heterocycles. The number of fused-ring (bicyclic) bond motifs is 2. The van der Waals surface area contributed by atoms with Crippen molar-refractivity contribution in [2.75, 3.05) is 44.0 Å². The predicted molar refractivity (Wildman–Crippen MR) is 135 cm³/mol. The number of carbonyl (C=O) groups excluding carboxylic acids is 1. The lowest BCUT2D eigenvalue weighted by Crippen LogP contribution is -2.31. The van der Waals surface area contributed by atoms with Crippen molar-refractivity contribution in [3.8, 4) is 17.0 Å². The molecule has 1 aliphatic carbocycles. The van der Waals surface area contributed by atoms with Crippen molar-refractivity contribution in [3.05, 3.63) is 53.9 Å². The van der Waals surface area contributed by atoms with Gasteiger partial charge < -0.3 is 20.3 Å². The topological polar surface area (TPSA) is 96.7 Å². The van der Waals surface area contributed by atoms with E-state index in [9.17, 15) is 4.79 Å². The van der Waals surface area contributed by atoms with Gasteiger partial charge in [-0.15, -0.1) is 0 Å². The first-order valence-corrected chi connectivity index (χ1v) is 12.0. The Morgan fingerprint density at radius 2 is 2.09 bits per heavy atom. The van der Waals surface area contributed by atoms with Crippen LogP contribution in [0.2, 0.25) is 0 Å². The van der Waals surface area contributed by atoms with Crippen LogP contribution in [-0.4, -0.2) is 64.7 Å². The van der Waals surface area contributed by atoms with E-state index in [0.717, 1.165) is 47.7 Å². The van der Waals surface area contributed by atoms with Gasteiger partial charge in [0.15, 0.2) is 11.6 Å². The number of aliphatic imine (C=N–C) groups is 1. The van der Waals surface area contributed by atoms with Crippen LogP contribution in [-0.2, 0) is 11.8 Å². The molecule has 1 aromatic carbocycles. The number of piperidine rings is 1. The quantitative estimate of drug-likeness (QED) is 0.574. The summed E-state index contributed by atoms with van der Waals surface area (Å²) in [5, 5.41) is 11.1. The molecular formula is C26H29N7O2. The number of aryl methyl sites for hydroxylation is 1. The standard InChI is InChI=1S/C26H29N7O2/c1-4-35-20-10-19-23(29-24(20)30-25(34)26-11-17(26)12-32(2)14-26)22(28-15-27-19)18-13-33(3)31-21(18)16-8-6-5-7-9-16/h5-10,13,17,27H,4,11-12,14-15H2,1-3H3,(H,29,30,34)/t17-,26-/m1/s1. The summed E-state index contributed by atoms with van der Waals surface area (Å²) in [6, 6.07) is 12.0. The number of anilines is 2. The second-order valence-corrected chi connectivity index (χ2v) is 9.65.